The maximum absolute atomic E-state index is 11.9. The van der Waals surface area contributed by atoms with E-state index in [1.165, 1.54) is 19.2 Å². The van der Waals surface area contributed by atoms with Crippen LogP contribution in [0.3, 0.4) is 0 Å². The minimum absolute atomic E-state index is 0.113. The van der Waals surface area contributed by atoms with Crippen LogP contribution >= 0.6 is 0 Å². The van der Waals surface area contributed by atoms with Crippen LogP contribution in [0.2, 0.25) is 0 Å². The fraction of sp³-hybridized carbons (Fsp3) is 0.316. The van der Waals surface area contributed by atoms with Crippen LogP contribution in [0.4, 0.5) is 0 Å². The molecule has 0 spiro atoms. The molecule has 0 bridgehead atoms. The van der Waals surface area contributed by atoms with Crippen molar-refractivity contribution in [1.82, 2.24) is 0 Å². The number of hydrogen-bond acceptors (Lipinski definition) is 7. The number of rotatable bonds is 8. The number of carbonyl (C=O) groups is 1. The van der Waals surface area contributed by atoms with Gasteiger partial charge in [0.1, 0.15) is 0 Å². The molecule has 0 saturated carbocycles. The topological polar surface area (TPSA) is 116 Å². The van der Waals surface area contributed by atoms with Crippen LogP contribution in [0.15, 0.2) is 30.3 Å². The fourth-order valence-electron chi connectivity index (χ4n) is 2.48. The first kappa shape index (κ1) is 19.4. The van der Waals surface area contributed by atoms with Crippen LogP contribution in [-0.4, -0.2) is 40.1 Å². The van der Waals surface area contributed by atoms with E-state index >= 15 is 0 Å². The van der Waals surface area contributed by atoms with Gasteiger partial charge in [0.15, 0.2) is 23.0 Å². The number of aliphatic hydroxyl groups excluding tert-OH is 1. The van der Waals surface area contributed by atoms with E-state index in [4.69, 9.17) is 9.47 Å². The molecule has 0 atom stereocenters. The number of carbonyl (C=O) groups excluding carboxylic acids is 1. The first-order valence-electron chi connectivity index (χ1n) is 8.10. The molecule has 0 aliphatic rings. The highest BCUT2D eigenvalue weighted by Crippen LogP contribution is 2.32. The average molecular weight is 362 g/mol. The lowest BCUT2D eigenvalue weighted by Crippen LogP contribution is -2.09. The summed E-state index contributed by atoms with van der Waals surface area (Å²) >= 11 is 0. The first-order valence-corrected chi connectivity index (χ1v) is 8.10. The van der Waals surface area contributed by atoms with Gasteiger partial charge in [-0.25, -0.2) is 0 Å². The van der Waals surface area contributed by atoms with Gasteiger partial charge in [-0.05, 0) is 41.8 Å². The Morgan fingerprint density at radius 2 is 1.77 bits per heavy atom. The lowest BCUT2D eigenvalue weighted by molar-refractivity contribution is -0.143. The quantitative estimate of drug-likeness (QED) is 0.419. The smallest absolute Gasteiger partial charge is 0.306 e. The van der Waals surface area contributed by atoms with Crippen molar-refractivity contribution in [3.05, 3.63) is 47.0 Å². The molecule has 0 radical (unpaired) electrons. The van der Waals surface area contributed by atoms with Crippen molar-refractivity contribution in [2.24, 2.45) is 0 Å². The minimum Gasteiger partial charge on any atom is -0.504 e. The van der Waals surface area contributed by atoms with E-state index in [2.05, 4.69) is 0 Å². The number of phenols is 3. The predicted molar refractivity (Wildman–Crippen MR) is 93.3 cm³/mol. The van der Waals surface area contributed by atoms with Gasteiger partial charge in [-0.2, -0.15) is 0 Å². The third-order valence-electron chi connectivity index (χ3n) is 3.92. The Kier molecular flexibility index (Phi) is 6.68. The molecule has 2 aromatic rings. The number of esters is 1. The molecule has 0 aliphatic carbocycles. The van der Waals surface area contributed by atoms with Gasteiger partial charge in [-0.3, -0.25) is 4.79 Å². The van der Waals surface area contributed by atoms with Crippen molar-refractivity contribution in [1.29, 1.82) is 0 Å². The van der Waals surface area contributed by atoms with Gasteiger partial charge in [0.25, 0.3) is 0 Å². The fourth-order valence-corrected chi connectivity index (χ4v) is 2.48. The molecule has 0 heterocycles. The molecule has 7 heteroatoms. The van der Waals surface area contributed by atoms with Crippen molar-refractivity contribution >= 4 is 5.97 Å². The molecule has 0 unspecified atom stereocenters. The van der Waals surface area contributed by atoms with E-state index in [0.717, 1.165) is 11.1 Å². The molecule has 140 valence electrons. The zero-order valence-electron chi connectivity index (χ0n) is 14.4. The van der Waals surface area contributed by atoms with Crippen LogP contribution in [-0.2, 0) is 29.0 Å². The van der Waals surface area contributed by atoms with Gasteiger partial charge in [0.2, 0.25) is 0 Å². The van der Waals surface area contributed by atoms with Gasteiger partial charge < -0.3 is 29.9 Å². The van der Waals surface area contributed by atoms with Crippen LogP contribution in [0, 0.1) is 0 Å². The minimum atomic E-state index is -0.384. The highest BCUT2D eigenvalue weighted by molar-refractivity contribution is 5.69. The number of aromatic hydroxyl groups is 3. The summed E-state index contributed by atoms with van der Waals surface area (Å²) in [6.07, 6.45) is 0.934. The Bertz CT molecular complexity index is 745. The largest absolute Gasteiger partial charge is 0.504 e. The number of benzene rings is 2. The molecule has 2 rings (SSSR count). The van der Waals surface area contributed by atoms with E-state index in [0.29, 0.717) is 18.4 Å². The standard InChI is InChI=1S/C19H22O7/c1-25-17-10-13(8-14(11-20)19(17)24)3-5-18(23)26-7-6-12-2-4-15(21)16(22)9-12/h2,4,8-10,20-22,24H,3,5-7,11H2,1H3. The van der Waals surface area contributed by atoms with Crippen molar-refractivity contribution in [2.75, 3.05) is 13.7 Å². The van der Waals surface area contributed by atoms with Crippen molar-refractivity contribution in [2.45, 2.75) is 25.9 Å². The number of phenolic OH excluding ortho intramolecular Hbond substituents is 2. The Balaban J connectivity index is 1.84. The number of hydrogen-bond donors (Lipinski definition) is 4. The summed E-state index contributed by atoms with van der Waals surface area (Å²) in [6.45, 7) is -0.177. The maximum atomic E-state index is 11.9. The number of ether oxygens (including phenoxy) is 2. The lowest BCUT2D eigenvalue weighted by atomic mass is 10.0. The van der Waals surface area contributed by atoms with Gasteiger partial charge >= 0.3 is 5.97 Å². The van der Waals surface area contributed by atoms with E-state index in [9.17, 15) is 25.2 Å². The molecule has 0 fully saturated rings. The van der Waals surface area contributed by atoms with Crippen molar-refractivity contribution in [3.63, 3.8) is 0 Å². The van der Waals surface area contributed by atoms with Crippen molar-refractivity contribution in [3.8, 4) is 23.0 Å². The normalized spacial score (nSPS) is 10.5. The second-order valence-corrected chi connectivity index (χ2v) is 5.76. The number of aryl methyl sites for hydroxylation is 1. The van der Waals surface area contributed by atoms with Crippen LogP contribution < -0.4 is 4.74 Å². The Morgan fingerprint density at radius 3 is 2.42 bits per heavy atom. The van der Waals surface area contributed by atoms with Gasteiger partial charge in [-0.15, -0.1) is 0 Å². The van der Waals surface area contributed by atoms with E-state index in [1.807, 2.05) is 0 Å². The van der Waals surface area contributed by atoms with E-state index < -0.39 is 0 Å². The van der Waals surface area contributed by atoms with Gasteiger partial charge in [0.05, 0.1) is 20.3 Å². The molecule has 4 N–H and O–H groups in total. The average Bonchev–Trinajstić information content (AvgIpc) is 2.63. The molecule has 0 aromatic heterocycles. The number of methoxy groups -OCH3 is 1. The Labute approximate surface area is 151 Å². The van der Waals surface area contributed by atoms with Crippen molar-refractivity contribution < 1.29 is 34.7 Å². The Hall–Kier alpha value is -2.93. The molecular weight excluding hydrogens is 340 g/mol. The second kappa shape index (κ2) is 8.96. The van der Waals surface area contributed by atoms with E-state index in [1.54, 1.807) is 18.2 Å². The third-order valence-corrected chi connectivity index (χ3v) is 3.92. The zero-order valence-corrected chi connectivity index (χ0v) is 14.4. The molecule has 0 amide bonds. The number of aliphatic hydroxyl groups is 1. The summed E-state index contributed by atoms with van der Waals surface area (Å²) in [6, 6.07) is 7.67. The van der Waals surface area contributed by atoms with Crippen LogP contribution in [0.5, 0.6) is 23.0 Å². The predicted octanol–water partition coefficient (Wildman–Crippen LogP) is 2.02. The first-order chi connectivity index (χ1) is 12.4. The van der Waals surface area contributed by atoms with Crippen LogP contribution in [0.25, 0.3) is 0 Å². The molecule has 0 aliphatic heterocycles. The highest BCUT2D eigenvalue weighted by atomic mass is 16.5. The summed E-state index contributed by atoms with van der Waals surface area (Å²) in [7, 11) is 1.41. The maximum Gasteiger partial charge on any atom is 0.306 e. The summed E-state index contributed by atoms with van der Waals surface area (Å²) in [5.74, 6) is -0.664. The molecule has 7 nitrogen and oxygen atoms in total. The highest BCUT2D eigenvalue weighted by Gasteiger charge is 2.12. The SMILES string of the molecule is COc1cc(CCC(=O)OCCc2ccc(O)c(O)c2)cc(CO)c1O. The summed E-state index contributed by atoms with van der Waals surface area (Å²) in [5.41, 5.74) is 1.81. The van der Waals surface area contributed by atoms with Gasteiger partial charge in [-0.1, -0.05) is 6.07 Å². The molecule has 2 aromatic carbocycles. The molecule has 0 saturated heterocycles. The lowest BCUT2D eigenvalue weighted by Gasteiger charge is -2.11. The third kappa shape index (κ3) is 5.03. The monoisotopic (exact) mass is 362 g/mol. The summed E-state index contributed by atoms with van der Waals surface area (Å²) < 4.78 is 10.2. The summed E-state index contributed by atoms with van der Waals surface area (Å²) in [4.78, 5) is 11.9. The Morgan fingerprint density at radius 1 is 1.00 bits per heavy atom. The molecular formula is C19H22O7. The van der Waals surface area contributed by atoms with Gasteiger partial charge in [0, 0.05) is 18.4 Å². The molecule has 26 heavy (non-hydrogen) atoms. The second-order valence-electron chi connectivity index (χ2n) is 5.76. The van der Waals surface area contributed by atoms with E-state index in [-0.39, 0.29) is 48.6 Å². The summed E-state index contributed by atoms with van der Waals surface area (Å²) in [5, 5.41) is 37.8. The zero-order chi connectivity index (χ0) is 19.1. The van der Waals surface area contributed by atoms with Crippen LogP contribution in [0.1, 0.15) is 23.1 Å².